The van der Waals surface area contributed by atoms with Gasteiger partial charge in [0.1, 0.15) is 0 Å². The first-order chi connectivity index (χ1) is 15.1. The van der Waals surface area contributed by atoms with E-state index in [4.69, 9.17) is 17.0 Å². The SMILES string of the molecule is CCOC(=O)c1ccc(NC(=S)N2CCCC3=C[C@H]4C[C@H](CN5CCCC[C@H]45)[C@@H]32)cc1. The third kappa shape index (κ3) is 4.12. The van der Waals surface area contributed by atoms with Gasteiger partial charge in [-0.05, 0) is 93.9 Å². The predicted molar refractivity (Wildman–Crippen MR) is 127 cm³/mol. The van der Waals surface area contributed by atoms with Gasteiger partial charge in [0.05, 0.1) is 18.2 Å². The molecule has 3 heterocycles. The van der Waals surface area contributed by atoms with Crippen LogP contribution in [0.5, 0.6) is 0 Å². The fourth-order valence-corrected chi connectivity index (χ4v) is 6.62. The molecule has 6 heteroatoms. The van der Waals surface area contributed by atoms with Gasteiger partial charge < -0.3 is 15.0 Å². The van der Waals surface area contributed by atoms with Gasteiger partial charge in [-0.15, -0.1) is 0 Å². The smallest absolute Gasteiger partial charge is 0.338 e. The number of carbonyl (C=O) groups excluding carboxylic acids is 1. The third-order valence-corrected chi connectivity index (χ3v) is 7.90. The third-order valence-electron chi connectivity index (χ3n) is 7.57. The van der Waals surface area contributed by atoms with Crippen molar-refractivity contribution < 1.29 is 9.53 Å². The summed E-state index contributed by atoms with van der Waals surface area (Å²) in [6.07, 6.45) is 10.4. The monoisotopic (exact) mass is 439 g/mol. The number of likely N-dealkylation sites (tertiary alicyclic amines) is 1. The van der Waals surface area contributed by atoms with Crippen molar-refractivity contribution in [1.82, 2.24) is 9.80 Å². The molecule has 4 atom stereocenters. The molecule has 5 rings (SSSR count). The van der Waals surface area contributed by atoms with E-state index in [1.54, 1.807) is 17.7 Å². The summed E-state index contributed by atoms with van der Waals surface area (Å²) >= 11 is 5.90. The van der Waals surface area contributed by atoms with E-state index in [0.29, 0.717) is 24.1 Å². The minimum Gasteiger partial charge on any atom is -0.462 e. The average Bonchev–Trinajstić information content (AvgIpc) is 2.79. The van der Waals surface area contributed by atoms with Crippen molar-refractivity contribution in [3.63, 3.8) is 0 Å². The maximum atomic E-state index is 11.9. The lowest BCUT2D eigenvalue weighted by Crippen LogP contribution is -2.60. The van der Waals surface area contributed by atoms with Gasteiger partial charge in [0, 0.05) is 24.8 Å². The zero-order valence-electron chi connectivity index (χ0n) is 18.4. The van der Waals surface area contributed by atoms with Crippen LogP contribution in [0.25, 0.3) is 0 Å². The minimum absolute atomic E-state index is 0.285. The lowest BCUT2D eigenvalue weighted by molar-refractivity contribution is 0.0132. The maximum Gasteiger partial charge on any atom is 0.338 e. The Hall–Kier alpha value is -1.92. The van der Waals surface area contributed by atoms with Crippen molar-refractivity contribution in [2.45, 2.75) is 57.5 Å². The van der Waals surface area contributed by atoms with Crippen molar-refractivity contribution in [2.24, 2.45) is 11.8 Å². The van der Waals surface area contributed by atoms with Crippen LogP contribution in [-0.4, -0.2) is 59.2 Å². The molecule has 0 radical (unpaired) electrons. The van der Waals surface area contributed by atoms with E-state index < -0.39 is 0 Å². The molecule has 5 nitrogen and oxygen atoms in total. The Kier molecular flexibility index (Phi) is 6.02. The molecular weight excluding hydrogens is 406 g/mol. The van der Waals surface area contributed by atoms with Crippen molar-refractivity contribution >= 4 is 29.0 Å². The molecule has 0 aromatic heterocycles. The normalized spacial score (nSPS) is 30.0. The number of carbonyl (C=O) groups is 1. The summed E-state index contributed by atoms with van der Waals surface area (Å²) in [4.78, 5) is 17.1. The highest BCUT2D eigenvalue weighted by Gasteiger charge is 2.46. The summed E-state index contributed by atoms with van der Waals surface area (Å²) in [7, 11) is 0. The number of esters is 1. The molecule has 3 saturated heterocycles. The Balaban J connectivity index is 1.31. The number of rotatable bonds is 3. The molecule has 0 unspecified atom stereocenters. The lowest BCUT2D eigenvalue weighted by atomic mass is 9.68. The first kappa shape index (κ1) is 21.0. The molecule has 3 aliphatic heterocycles. The Morgan fingerprint density at radius 2 is 2.03 bits per heavy atom. The number of thiocarbonyl (C=S) groups is 1. The summed E-state index contributed by atoms with van der Waals surface area (Å²) in [6, 6.07) is 8.63. The largest absolute Gasteiger partial charge is 0.462 e. The second kappa shape index (κ2) is 8.91. The van der Waals surface area contributed by atoms with Gasteiger partial charge in [0.25, 0.3) is 0 Å². The average molecular weight is 440 g/mol. The Morgan fingerprint density at radius 3 is 2.84 bits per heavy atom. The van der Waals surface area contributed by atoms with Crippen LogP contribution in [-0.2, 0) is 4.74 Å². The minimum atomic E-state index is -0.285. The number of fused-ring (bicyclic) bond motifs is 6. The van der Waals surface area contributed by atoms with Crippen LogP contribution in [0.2, 0.25) is 0 Å². The number of hydrogen-bond acceptors (Lipinski definition) is 4. The molecule has 1 aromatic rings. The summed E-state index contributed by atoms with van der Waals surface area (Å²) in [5, 5.41) is 4.24. The number of nitrogens with one attached hydrogen (secondary N) is 1. The van der Waals surface area contributed by atoms with Crippen LogP contribution < -0.4 is 5.32 Å². The van der Waals surface area contributed by atoms with Crippen LogP contribution in [0.4, 0.5) is 5.69 Å². The lowest BCUT2D eigenvalue weighted by Gasteiger charge is -2.55. The second-order valence-electron chi connectivity index (χ2n) is 9.43. The van der Waals surface area contributed by atoms with Crippen LogP contribution in [0, 0.1) is 11.8 Å². The number of anilines is 1. The maximum absolute atomic E-state index is 11.9. The van der Waals surface area contributed by atoms with Gasteiger partial charge in [-0.2, -0.15) is 0 Å². The molecular formula is C25H33N3O2S. The highest BCUT2D eigenvalue weighted by Crippen LogP contribution is 2.45. The Morgan fingerprint density at radius 1 is 1.19 bits per heavy atom. The molecule has 1 N–H and O–H groups in total. The van der Waals surface area contributed by atoms with Gasteiger partial charge in [-0.3, -0.25) is 4.90 Å². The molecule has 31 heavy (non-hydrogen) atoms. The van der Waals surface area contributed by atoms with Crippen molar-refractivity contribution in [1.29, 1.82) is 0 Å². The predicted octanol–water partition coefficient (Wildman–Crippen LogP) is 4.46. The van der Waals surface area contributed by atoms with Crippen molar-refractivity contribution in [3.8, 4) is 0 Å². The van der Waals surface area contributed by atoms with E-state index in [-0.39, 0.29) is 5.97 Å². The molecule has 3 fully saturated rings. The summed E-state index contributed by atoms with van der Waals surface area (Å²) in [6.45, 7) is 5.70. The van der Waals surface area contributed by atoms with Gasteiger partial charge in [-0.25, -0.2) is 4.79 Å². The van der Waals surface area contributed by atoms with Crippen molar-refractivity contribution in [2.75, 3.05) is 31.6 Å². The zero-order chi connectivity index (χ0) is 21.4. The van der Waals surface area contributed by atoms with E-state index in [9.17, 15) is 4.79 Å². The van der Waals surface area contributed by atoms with Gasteiger partial charge >= 0.3 is 5.97 Å². The number of benzene rings is 1. The summed E-state index contributed by atoms with van der Waals surface area (Å²) in [5.74, 6) is 1.13. The van der Waals surface area contributed by atoms with Crippen LogP contribution in [0.3, 0.4) is 0 Å². The first-order valence-corrected chi connectivity index (χ1v) is 12.3. The molecule has 166 valence electrons. The molecule has 0 saturated carbocycles. The van der Waals surface area contributed by atoms with Crippen LogP contribution in [0.1, 0.15) is 55.8 Å². The molecule has 1 aromatic carbocycles. The van der Waals surface area contributed by atoms with Crippen LogP contribution in [0.15, 0.2) is 35.9 Å². The van der Waals surface area contributed by atoms with Gasteiger partial charge in [0.2, 0.25) is 0 Å². The molecule has 0 amide bonds. The fourth-order valence-electron chi connectivity index (χ4n) is 6.30. The van der Waals surface area contributed by atoms with E-state index in [2.05, 4.69) is 21.2 Å². The van der Waals surface area contributed by atoms with E-state index in [1.807, 2.05) is 19.1 Å². The highest BCUT2D eigenvalue weighted by molar-refractivity contribution is 7.80. The van der Waals surface area contributed by atoms with E-state index in [0.717, 1.165) is 29.3 Å². The van der Waals surface area contributed by atoms with Crippen molar-refractivity contribution in [3.05, 3.63) is 41.5 Å². The van der Waals surface area contributed by atoms with Gasteiger partial charge in [0.15, 0.2) is 5.11 Å². The van der Waals surface area contributed by atoms with Crippen LogP contribution >= 0.6 is 12.2 Å². The standard InChI is InChI=1S/C25H33N3O2S/c1-2-30-24(29)17-8-10-21(11-9-17)26-25(31)28-13-5-6-18-14-19-15-20(23(18)28)16-27-12-4-3-7-22(19)27/h8-11,14,19-20,22-23H,2-7,12-13,15-16H2,1H3,(H,26,31)/t19-,20+,22+,23+/m0/s1. The zero-order valence-corrected chi connectivity index (χ0v) is 19.2. The fraction of sp³-hybridized carbons (Fsp3) is 0.600. The number of ether oxygens (including phenoxy) is 1. The second-order valence-corrected chi connectivity index (χ2v) is 9.82. The van der Waals surface area contributed by atoms with Gasteiger partial charge in [-0.1, -0.05) is 18.1 Å². The quantitative estimate of drug-likeness (QED) is 0.426. The Labute approximate surface area is 190 Å². The number of hydrogen-bond donors (Lipinski definition) is 1. The van der Waals surface area contributed by atoms with E-state index >= 15 is 0 Å². The molecule has 1 aliphatic carbocycles. The molecule has 2 bridgehead atoms. The number of piperidine rings is 3. The highest BCUT2D eigenvalue weighted by atomic mass is 32.1. The number of nitrogens with zero attached hydrogens (tertiary/aromatic N) is 2. The summed E-state index contributed by atoms with van der Waals surface area (Å²) < 4.78 is 5.08. The Bertz CT molecular complexity index is 868. The summed E-state index contributed by atoms with van der Waals surface area (Å²) in [5.41, 5.74) is 3.11. The molecule has 4 aliphatic rings. The molecule has 0 spiro atoms. The first-order valence-electron chi connectivity index (χ1n) is 11.9. The van der Waals surface area contributed by atoms with E-state index in [1.165, 1.54) is 51.6 Å². The topological polar surface area (TPSA) is 44.8 Å².